The van der Waals surface area contributed by atoms with Gasteiger partial charge in [-0.25, -0.2) is 4.98 Å². The Morgan fingerprint density at radius 3 is 3.06 bits per heavy atom. The van der Waals surface area contributed by atoms with Crippen LogP contribution in [0.5, 0.6) is 0 Å². The molecule has 3 N–H and O–H groups in total. The van der Waals surface area contributed by atoms with Gasteiger partial charge in [-0.2, -0.15) is 0 Å². The fourth-order valence-electron chi connectivity index (χ4n) is 1.79. The molecule has 2 rings (SSSR count). The Labute approximate surface area is 114 Å². The van der Waals surface area contributed by atoms with E-state index in [-0.39, 0.29) is 5.91 Å². The quantitative estimate of drug-likeness (QED) is 0.654. The minimum Gasteiger partial charge on any atom is -0.370 e. The van der Waals surface area contributed by atoms with E-state index >= 15 is 0 Å². The fourth-order valence-corrected chi connectivity index (χ4v) is 2.24. The third-order valence-electron chi connectivity index (χ3n) is 2.63. The number of unbranched alkanes of at least 4 members (excludes halogenated alkanes) is 1. The first-order chi connectivity index (χ1) is 8.58. The highest BCUT2D eigenvalue weighted by atomic mass is 35.5. The maximum absolute atomic E-state index is 10.6. The van der Waals surface area contributed by atoms with Crippen LogP contribution in [0.3, 0.4) is 0 Å². The van der Waals surface area contributed by atoms with Gasteiger partial charge < -0.3 is 15.3 Å². The van der Waals surface area contributed by atoms with Crippen molar-refractivity contribution in [2.24, 2.45) is 5.73 Å². The minimum absolute atomic E-state index is 0.276. The number of carbonyl (C=O) groups excluding carboxylic acids is 1. The molecule has 0 aliphatic heterocycles. The predicted octanol–water partition coefficient (Wildman–Crippen LogP) is 2.40. The highest BCUT2D eigenvalue weighted by Crippen LogP contribution is 2.17. The van der Waals surface area contributed by atoms with E-state index in [9.17, 15) is 4.79 Å². The second-order valence-electron chi connectivity index (χ2n) is 4.03. The van der Waals surface area contributed by atoms with Crippen molar-refractivity contribution in [3.05, 3.63) is 22.1 Å². The van der Waals surface area contributed by atoms with Crippen molar-refractivity contribution in [2.45, 2.75) is 25.8 Å². The minimum atomic E-state index is -0.276. The molecule has 7 heteroatoms. The molecular weight excluding hydrogens is 272 g/mol. The summed E-state index contributed by atoms with van der Waals surface area (Å²) < 4.78 is 2.51. The fraction of sp³-hybridized carbons (Fsp3) is 0.364. The number of nitrogens with zero attached hydrogens (tertiary/aromatic N) is 2. The lowest BCUT2D eigenvalue weighted by Gasteiger charge is -2.02. The average molecular weight is 285 g/mol. The molecule has 2 aromatic rings. The van der Waals surface area contributed by atoms with Gasteiger partial charge in [0, 0.05) is 19.2 Å². The molecule has 0 spiro atoms. The Kier molecular flexibility index (Phi) is 3.98. The van der Waals surface area contributed by atoms with Crippen molar-refractivity contribution in [3.8, 4) is 0 Å². The van der Waals surface area contributed by atoms with Crippen molar-refractivity contribution in [1.29, 1.82) is 0 Å². The molecule has 0 saturated heterocycles. The van der Waals surface area contributed by atoms with Crippen LogP contribution in [0.1, 0.15) is 19.3 Å². The lowest BCUT2D eigenvalue weighted by molar-refractivity contribution is -0.118. The van der Waals surface area contributed by atoms with Crippen LogP contribution in [0, 0.1) is 4.77 Å². The number of rotatable bonds is 5. The van der Waals surface area contributed by atoms with E-state index in [1.54, 1.807) is 12.3 Å². The maximum atomic E-state index is 10.6. The third-order valence-corrected chi connectivity index (χ3v) is 3.16. The topological polar surface area (TPSA) is 76.7 Å². The number of primary amides is 1. The van der Waals surface area contributed by atoms with E-state index in [0.29, 0.717) is 22.8 Å². The van der Waals surface area contributed by atoms with Gasteiger partial charge in [-0.05, 0) is 31.1 Å². The molecule has 0 fully saturated rings. The van der Waals surface area contributed by atoms with Gasteiger partial charge in [-0.1, -0.05) is 11.6 Å². The summed E-state index contributed by atoms with van der Waals surface area (Å²) in [5.41, 5.74) is 6.69. The Balaban J connectivity index is 2.15. The van der Waals surface area contributed by atoms with E-state index < -0.39 is 0 Å². The molecule has 2 aromatic heterocycles. The molecule has 18 heavy (non-hydrogen) atoms. The van der Waals surface area contributed by atoms with Crippen molar-refractivity contribution in [1.82, 2.24) is 14.5 Å². The smallest absolute Gasteiger partial charge is 0.217 e. The summed E-state index contributed by atoms with van der Waals surface area (Å²) in [5.74, 6) is -0.276. The van der Waals surface area contributed by atoms with E-state index in [2.05, 4.69) is 9.97 Å². The molecular formula is C11H13ClN4OS. The number of nitrogens with one attached hydrogen (secondary N) is 1. The van der Waals surface area contributed by atoms with Crippen LogP contribution in [0.15, 0.2) is 12.3 Å². The zero-order valence-corrected chi connectivity index (χ0v) is 11.2. The number of halogens is 1. The van der Waals surface area contributed by atoms with Crippen molar-refractivity contribution in [2.75, 3.05) is 0 Å². The van der Waals surface area contributed by atoms with E-state index in [1.165, 1.54) is 0 Å². The first-order valence-electron chi connectivity index (χ1n) is 5.60. The number of amides is 1. The Morgan fingerprint density at radius 1 is 1.56 bits per heavy atom. The molecule has 2 heterocycles. The molecule has 0 aliphatic carbocycles. The van der Waals surface area contributed by atoms with Crippen LogP contribution in [0.2, 0.25) is 5.02 Å². The van der Waals surface area contributed by atoms with Crippen molar-refractivity contribution < 1.29 is 4.79 Å². The van der Waals surface area contributed by atoms with Crippen LogP contribution in [-0.4, -0.2) is 20.4 Å². The van der Waals surface area contributed by atoms with Gasteiger partial charge in [0.05, 0.1) is 10.5 Å². The number of imidazole rings is 1. The molecule has 0 radical (unpaired) electrons. The highest BCUT2D eigenvalue weighted by molar-refractivity contribution is 7.71. The summed E-state index contributed by atoms with van der Waals surface area (Å²) in [6, 6.07) is 1.79. The molecule has 0 unspecified atom stereocenters. The van der Waals surface area contributed by atoms with Gasteiger partial charge in [0.1, 0.15) is 0 Å². The molecule has 0 atom stereocenters. The summed E-state index contributed by atoms with van der Waals surface area (Å²) in [6.07, 6.45) is 3.56. The van der Waals surface area contributed by atoms with Crippen molar-refractivity contribution >= 4 is 40.9 Å². The van der Waals surface area contributed by atoms with Crippen LogP contribution >= 0.6 is 23.8 Å². The highest BCUT2D eigenvalue weighted by Gasteiger charge is 2.06. The largest absolute Gasteiger partial charge is 0.370 e. The molecule has 96 valence electrons. The van der Waals surface area contributed by atoms with Crippen molar-refractivity contribution in [3.63, 3.8) is 0 Å². The van der Waals surface area contributed by atoms with Crippen LogP contribution in [0.4, 0.5) is 0 Å². The number of H-pyrrole nitrogens is 1. The average Bonchev–Trinajstić information content (AvgIpc) is 2.59. The standard InChI is InChI=1S/C11H13ClN4OS/c12-7-5-8-10(14-6-7)16(11(18)15-8)4-2-1-3-9(13)17/h5-6H,1-4H2,(H2,13,17)(H,15,18). The third kappa shape index (κ3) is 2.88. The van der Waals surface area contributed by atoms with Gasteiger partial charge in [0.2, 0.25) is 5.91 Å². The first-order valence-corrected chi connectivity index (χ1v) is 6.39. The molecule has 0 bridgehead atoms. The van der Waals surface area contributed by atoms with Gasteiger partial charge >= 0.3 is 0 Å². The summed E-state index contributed by atoms with van der Waals surface area (Å²) in [6.45, 7) is 0.709. The number of aromatic nitrogens is 3. The Morgan fingerprint density at radius 2 is 2.33 bits per heavy atom. The van der Waals surface area contributed by atoms with E-state index in [1.807, 2.05) is 4.57 Å². The monoisotopic (exact) mass is 284 g/mol. The lowest BCUT2D eigenvalue weighted by Crippen LogP contribution is -2.10. The molecule has 0 aliphatic rings. The summed E-state index contributed by atoms with van der Waals surface area (Å²) >= 11 is 11.1. The van der Waals surface area contributed by atoms with Gasteiger partial charge in [-0.3, -0.25) is 4.79 Å². The summed E-state index contributed by atoms with van der Waals surface area (Å²) in [5, 5.41) is 0.569. The molecule has 0 aromatic carbocycles. The normalized spacial score (nSPS) is 10.9. The SMILES string of the molecule is NC(=O)CCCCn1c(=S)[nH]c2cc(Cl)cnc21. The second-order valence-corrected chi connectivity index (χ2v) is 4.85. The van der Waals surface area contributed by atoms with Crippen LogP contribution in [0.25, 0.3) is 11.2 Å². The van der Waals surface area contributed by atoms with Crippen LogP contribution < -0.4 is 5.73 Å². The second kappa shape index (κ2) is 5.49. The number of aromatic amines is 1. The summed E-state index contributed by atoms with van der Waals surface area (Å²) in [4.78, 5) is 18.0. The van der Waals surface area contributed by atoms with Gasteiger partial charge in [-0.15, -0.1) is 0 Å². The predicted molar refractivity (Wildman–Crippen MR) is 73.0 cm³/mol. The first kappa shape index (κ1) is 13.0. The number of fused-ring (bicyclic) bond motifs is 1. The molecule has 0 saturated carbocycles. The number of aryl methyl sites for hydroxylation is 1. The number of pyridine rings is 1. The molecule has 1 amide bonds. The zero-order chi connectivity index (χ0) is 13.1. The zero-order valence-electron chi connectivity index (χ0n) is 9.65. The number of hydrogen-bond donors (Lipinski definition) is 2. The van der Waals surface area contributed by atoms with Crippen LogP contribution in [-0.2, 0) is 11.3 Å². The van der Waals surface area contributed by atoms with Gasteiger partial charge in [0.15, 0.2) is 10.4 Å². The van der Waals surface area contributed by atoms with E-state index in [4.69, 9.17) is 29.6 Å². The van der Waals surface area contributed by atoms with E-state index in [0.717, 1.165) is 24.0 Å². The molecule has 5 nitrogen and oxygen atoms in total. The maximum Gasteiger partial charge on any atom is 0.217 e. The number of carbonyl (C=O) groups is 1. The number of hydrogen-bond acceptors (Lipinski definition) is 3. The number of nitrogens with two attached hydrogens (primary N) is 1. The Bertz CT molecular complexity index is 633. The Hall–Kier alpha value is -1.40. The lowest BCUT2D eigenvalue weighted by atomic mass is 10.2. The summed E-state index contributed by atoms with van der Waals surface area (Å²) in [7, 11) is 0. The van der Waals surface area contributed by atoms with Gasteiger partial charge in [0.25, 0.3) is 0 Å².